The quantitative estimate of drug-likeness (QED) is 0.867. The summed E-state index contributed by atoms with van der Waals surface area (Å²) < 4.78 is 0. The molecule has 0 spiro atoms. The number of benzene rings is 1. The van der Waals surface area contributed by atoms with Gasteiger partial charge in [0.25, 0.3) is 0 Å². The van der Waals surface area contributed by atoms with Crippen LogP contribution >= 0.6 is 0 Å². The van der Waals surface area contributed by atoms with Crippen LogP contribution in [0.15, 0.2) is 48.8 Å². The Morgan fingerprint density at radius 1 is 1.05 bits per heavy atom. The average Bonchev–Trinajstić information content (AvgIpc) is 2.60. The fourth-order valence-electron chi connectivity index (χ4n) is 3.85. The monoisotopic (exact) mass is 293 g/mol. The number of pyridine rings is 1. The van der Waals surface area contributed by atoms with Crippen molar-refractivity contribution in [3.63, 3.8) is 0 Å². The molecule has 2 aliphatic rings. The molecule has 0 radical (unpaired) electrons. The molecular formula is C19H23N3. The van der Waals surface area contributed by atoms with E-state index >= 15 is 0 Å². The number of nitrogens with zero attached hydrogens (tertiary/aromatic N) is 3. The van der Waals surface area contributed by atoms with Gasteiger partial charge in [-0.15, -0.1) is 0 Å². The van der Waals surface area contributed by atoms with E-state index in [-0.39, 0.29) is 0 Å². The molecule has 0 saturated carbocycles. The predicted octanol–water partition coefficient (Wildman–Crippen LogP) is 2.76. The summed E-state index contributed by atoms with van der Waals surface area (Å²) in [6.45, 7) is 4.71. The highest BCUT2D eigenvalue weighted by molar-refractivity contribution is 5.57. The van der Waals surface area contributed by atoms with Crippen molar-refractivity contribution in [2.45, 2.75) is 25.3 Å². The van der Waals surface area contributed by atoms with Gasteiger partial charge in [0.2, 0.25) is 0 Å². The Labute approximate surface area is 132 Å². The van der Waals surface area contributed by atoms with Crippen LogP contribution in [0.3, 0.4) is 0 Å². The minimum absolute atomic E-state index is 0.695. The molecule has 1 fully saturated rings. The van der Waals surface area contributed by atoms with Gasteiger partial charge in [-0.3, -0.25) is 9.88 Å². The predicted molar refractivity (Wildman–Crippen MR) is 90.3 cm³/mol. The molecule has 4 rings (SSSR count). The van der Waals surface area contributed by atoms with Crippen LogP contribution in [0.4, 0.5) is 5.69 Å². The van der Waals surface area contributed by atoms with E-state index in [0.29, 0.717) is 6.04 Å². The summed E-state index contributed by atoms with van der Waals surface area (Å²) in [5.74, 6) is 0. The summed E-state index contributed by atoms with van der Waals surface area (Å²) in [5, 5.41) is 0. The molecule has 1 aromatic carbocycles. The standard InChI is InChI=1S/C19H23N3/c1-2-4-19-17(3-1)5-6-18-15-21(13-14-22(18)19)12-9-16-7-10-20-11-8-16/h1-4,7-8,10-11,18H,5-6,9,12-15H2/t18-/m1/s1. The van der Waals surface area contributed by atoms with Crippen molar-refractivity contribution >= 4 is 5.69 Å². The van der Waals surface area contributed by atoms with Gasteiger partial charge in [-0.25, -0.2) is 0 Å². The maximum Gasteiger partial charge on any atom is 0.0420 e. The molecule has 2 aromatic rings. The Kier molecular flexibility index (Phi) is 3.81. The molecule has 1 aromatic heterocycles. The van der Waals surface area contributed by atoms with Crippen LogP contribution in [0.5, 0.6) is 0 Å². The molecule has 3 nitrogen and oxygen atoms in total. The van der Waals surface area contributed by atoms with Crippen LogP contribution in [0, 0.1) is 0 Å². The first kappa shape index (κ1) is 13.8. The van der Waals surface area contributed by atoms with E-state index in [2.05, 4.69) is 51.2 Å². The molecule has 0 amide bonds. The van der Waals surface area contributed by atoms with Gasteiger partial charge in [-0.05, 0) is 48.6 Å². The lowest BCUT2D eigenvalue weighted by molar-refractivity contribution is 0.216. The number of para-hydroxylation sites is 1. The third-order valence-electron chi connectivity index (χ3n) is 5.08. The molecule has 0 N–H and O–H groups in total. The third-order valence-corrected chi connectivity index (χ3v) is 5.08. The van der Waals surface area contributed by atoms with Gasteiger partial charge in [-0.2, -0.15) is 0 Å². The number of aryl methyl sites for hydroxylation is 1. The second-order valence-electron chi connectivity index (χ2n) is 6.42. The third kappa shape index (κ3) is 2.73. The van der Waals surface area contributed by atoms with Gasteiger partial charge in [0.1, 0.15) is 0 Å². The molecule has 1 saturated heterocycles. The van der Waals surface area contributed by atoms with E-state index in [1.165, 1.54) is 42.7 Å². The number of aromatic nitrogens is 1. The SMILES string of the molecule is c1ccc2c(c1)CC[C@@H]1CN(CCc3ccncc3)CCN21. The molecule has 3 heteroatoms. The normalized spacial score (nSPS) is 21.3. The zero-order chi connectivity index (χ0) is 14.8. The molecule has 0 aliphatic carbocycles. The van der Waals surface area contributed by atoms with Crippen LogP contribution in [-0.4, -0.2) is 42.1 Å². The number of hydrogen-bond acceptors (Lipinski definition) is 3. The molecule has 22 heavy (non-hydrogen) atoms. The van der Waals surface area contributed by atoms with Gasteiger partial charge in [-0.1, -0.05) is 18.2 Å². The van der Waals surface area contributed by atoms with Gasteiger partial charge < -0.3 is 4.90 Å². The van der Waals surface area contributed by atoms with Crippen LogP contribution in [0.25, 0.3) is 0 Å². The Balaban J connectivity index is 1.39. The Morgan fingerprint density at radius 2 is 1.91 bits per heavy atom. The highest BCUT2D eigenvalue weighted by Crippen LogP contribution is 2.32. The minimum atomic E-state index is 0.695. The maximum absolute atomic E-state index is 4.10. The summed E-state index contributed by atoms with van der Waals surface area (Å²) in [4.78, 5) is 9.37. The van der Waals surface area contributed by atoms with Crippen LogP contribution in [0.2, 0.25) is 0 Å². The molecule has 3 heterocycles. The van der Waals surface area contributed by atoms with E-state index in [0.717, 1.165) is 19.5 Å². The first-order chi connectivity index (χ1) is 10.9. The molecular weight excluding hydrogens is 270 g/mol. The van der Waals surface area contributed by atoms with Crippen molar-refractivity contribution in [2.75, 3.05) is 31.1 Å². The van der Waals surface area contributed by atoms with Crippen molar-refractivity contribution < 1.29 is 0 Å². The maximum atomic E-state index is 4.10. The van der Waals surface area contributed by atoms with Gasteiger partial charge in [0.05, 0.1) is 0 Å². The van der Waals surface area contributed by atoms with Gasteiger partial charge >= 0.3 is 0 Å². The number of fused-ring (bicyclic) bond motifs is 3. The van der Waals surface area contributed by atoms with E-state index in [4.69, 9.17) is 0 Å². The zero-order valence-corrected chi connectivity index (χ0v) is 13.0. The molecule has 0 unspecified atom stereocenters. The summed E-state index contributed by atoms with van der Waals surface area (Å²) in [5.41, 5.74) is 4.41. The van der Waals surface area contributed by atoms with Crippen LogP contribution < -0.4 is 4.90 Å². The van der Waals surface area contributed by atoms with E-state index < -0.39 is 0 Å². The Morgan fingerprint density at radius 3 is 2.82 bits per heavy atom. The van der Waals surface area contributed by atoms with Crippen molar-refractivity contribution in [1.82, 2.24) is 9.88 Å². The Hall–Kier alpha value is -1.87. The van der Waals surface area contributed by atoms with Gasteiger partial charge in [0, 0.05) is 50.3 Å². The average molecular weight is 293 g/mol. The van der Waals surface area contributed by atoms with E-state index in [9.17, 15) is 0 Å². The molecule has 114 valence electrons. The molecule has 2 aliphatic heterocycles. The fourth-order valence-corrected chi connectivity index (χ4v) is 3.85. The smallest absolute Gasteiger partial charge is 0.0420 e. The first-order valence-electron chi connectivity index (χ1n) is 8.36. The summed E-state index contributed by atoms with van der Waals surface area (Å²) in [6.07, 6.45) is 7.45. The lowest BCUT2D eigenvalue weighted by Crippen LogP contribution is -2.55. The number of piperazine rings is 1. The minimum Gasteiger partial charge on any atom is -0.366 e. The second kappa shape index (κ2) is 6.09. The Bertz CT molecular complexity index is 626. The summed E-state index contributed by atoms with van der Waals surface area (Å²) in [6, 6.07) is 13.9. The second-order valence-corrected chi connectivity index (χ2v) is 6.42. The topological polar surface area (TPSA) is 19.4 Å². The van der Waals surface area contributed by atoms with E-state index in [1.54, 1.807) is 0 Å². The van der Waals surface area contributed by atoms with Crippen molar-refractivity contribution in [3.8, 4) is 0 Å². The van der Waals surface area contributed by atoms with Crippen LogP contribution in [0.1, 0.15) is 17.5 Å². The lowest BCUT2D eigenvalue weighted by atomic mass is 9.94. The fraction of sp³-hybridized carbons (Fsp3) is 0.421. The molecule has 1 atom stereocenters. The summed E-state index contributed by atoms with van der Waals surface area (Å²) >= 11 is 0. The highest BCUT2D eigenvalue weighted by Gasteiger charge is 2.30. The number of rotatable bonds is 3. The highest BCUT2D eigenvalue weighted by atomic mass is 15.3. The largest absolute Gasteiger partial charge is 0.366 e. The number of anilines is 1. The first-order valence-corrected chi connectivity index (χ1v) is 8.36. The van der Waals surface area contributed by atoms with Crippen molar-refractivity contribution in [1.29, 1.82) is 0 Å². The van der Waals surface area contributed by atoms with Crippen molar-refractivity contribution in [3.05, 3.63) is 59.9 Å². The van der Waals surface area contributed by atoms with Crippen LogP contribution in [-0.2, 0) is 12.8 Å². The van der Waals surface area contributed by atoms with E-state index in [1.807, 2.05) is 12.4 Å². The summed E-state index contributed by atoms with van der Waals surface area (Å²) in [7, 11) is 0. The van der Waals surface area contributed by atoms with Gasteiger partial charge in [0.15, 0.2) is 0 Å². The molecule has 0 bridgehead atoms. The zero-order valence-electron chi connectivity index (χ0n) is 13.0. The lowest BCUT2D eigenvalue weighted by Gasteiger charge is -2.46. The van der Waals surface area contributed by atoms with Crippen molar-refractivity contribution in [2.24, 2.45) is 0 Å². The number of hydrogen-bond donors (Lipinski definition) is 0.